The highest BCUT2D eigenvalue weighted by Crippen LogP contribution is 2.18. The third kappa shape index (κ3) is 6.53. The van der Waals surface area contributed by atoms with E-state index >= 15 is 0 Å². The summed E-state index contributed by atoms with van der Waals surface area (Å²) in [6, 6.07) is 17.2. The van der Waals surface area contributed by atoms with Crippen molar-refractivity contribution in [3.63, 3.8) is 0 Å². The number of alkyl halides is 1. The molecule has 2 nitrogen and oxygen atoms in total. The molecule has 0 fully saturated rings. The Bertz CT molecular complexity index is 475. The zero-order valence-electron chi connectivity index (χ0n) is 11.6. The minimum Gasteiger partial charge on any atom is -0.318 e. The highest BCUT2D eigenvalue weighted by molar-refractivity contribution is 9.10. The number of fused-ring (bicyclic) bond motifs is 2. The smallest absolute Gasteiger partial charge is 0.0688 e. The molecule has 3 N–H and O–H groups in total. The first-order valence-corrected chi connectivity index (χ1v) is 7.75. The van der Waals surface area contributed by atoms with Crippen LogP contribution in [0.4, 0.5) is 0 Å². The largest absolute Gasteiger partial charge is 0.318 e. The lowest BCUT2D eigenvalue weighted by molar-refractivity contribution is 0.818. The van der Waals surface area contributed by atoms with E-state index in [2.05, 4.69) is 63.4 Å². The number of nitrogens with one attached hydrogen (secondary N) is 1. The molecule has 0 heterocycles. The van der Waals surface area contributed by atoms with Crippen LogP contribution >= 0.6 is 27.5 Å². The SMILES string of the molecule is CNCc1ccc(Br)cc1.NCCl.c1cc2cc(c1)C2. The number of halogens is 2. The van der Waals surface area contributed by atoms with Gasteiger partial charge in [0.1, 0.15) is 0 Å². The van der Waals surface area contributed by atoms with Crippen molar-refractivity contribution < 1.29 is 0 Å². The van der Waals surface area contributed by atoms with Crippen LogP contribution in [-0.2, 0) is 13.0 Å². The number of benzene rings is 2. The lowest BCUT2D eigenvalue weighted by Gasteiger charge is -2.11. The van der Waals surface area contributed by atoms with Crippen LogP contribution in [0.15, 0.2) is 53.0 Å². The third-order valence-electron chi connectivity index (χ3n) is 2.69. The lowest BCUT2D eigenvalue weighted by Crippen LogP contribution is -2.04. The Hall–Kier alpha value is -0.870. The van der Waals surface area contributed by atoms with Crippen LogP contribution < -0.4 is 11.1 Å². The Balaban J connectivity index is 0.000000173. The molecular weight excluding hydrogens is 336 g/mol. The van der Waals surface area contributed by atoms with Crippen molar-refractivity contribution in [1.29, 1.82) is 0 Å². The molecule has 0 spiro atoms. The van der Waals surface area contributed by atoms with Gasteiger partial charge in [-0.15, -0.1) is 11.6 Å². The maximum Gasteiger partial charge on any atom is 0.0688 e. The van der Waals surface area contributed by atoms with E-state index in [0.29, 0.717) is 0 Å². The molecule has 0 unspecified atom stereocenters. The molecule has 20 heavy (non-hydrogen) atoms. The van der Waals surface area contributed by atoms with E-state index < -0.39 is 0 Å². The van der Waals surface area contributed by atoms with E-state index in [4.69, 9.17) is 11.6 Å². The third-order valence-corrected chi connectivity index (χ3v) is 3.22. The molecule has 0 saturated heterocycles. The summed E-state index contributed by atoms with van der Waals surface area (Å²) < 4.78 is 1.13. The van der Waals surface area contributed by atoms with Gasteiger partial charge in [0.15, 0.2) is 0 Å². The number of hydrogen-bond donors (Lipinski definition) is 2. The van der Waals surface area contributed by atoms with E-state index in [9.17, 15) is 0 Å². The van der Waals surface area contributed by atoms with Crippen molar-refractivity contribution in [2.45, 2.75) is 13.0 Å². The zero-order valence-corrected chi connectivity index (χ0v) is 13.9. The molecule has 4 heteroatoms. The van der Waals surface area contributed by atoms with Gasteiger partial charge < -0.3 is 11.1 Å². The second-order valence-electron chi connectivity index (χ2n) is 4.31. The molecule has 0 atom stereocenters. The van der Waals surface area contributed by atoms with Gasteiger partial charge in [-0.25, -0.2) is 0 Å². The van der Waals surface area contributed by atoms with Crippen LogP contribution in [0, 0.1) is 0 Å². The molecule has 0 radical (unpaired) electrons. The molecule has 4 rings (SSSR count). The second kappa shape index (κ2) is 9.94. The summed E-state index contributed by atoms with van der Waals surface area (Å²) in [6.07, 6.45) is 1.22. The van der Waals surface area contributed by atoms with Gasteiger partial charge in [-0.05, 0) is 42.3 Å². The normalized spacial score (nSPS) is 10.4. The maximum absolute atomic E-state index is 4.78. The molecule has 0 aromatic heterocycles. The summed E-state index contributed by atoms with van der Waals surface area (Å²) in [5.74, 6) is 0. The topological polar surface area (TPSA) is 38.0 Å². The van der Waals surface area contributed by atoms with Crippen LogP contribution in [0.1, 0.15) is 16.7 Å². The summed E-state index contributed by atoms with van der Waals surface area (Å²) in [5, 5.41) is 3.09. The monoisotopic (exact) mass is 354 g/mol. The predicted octanol–water partition coefficient (Wildman–Crippen LogP) is 3.90. The average molecular weight is 356 g/mol. The van der Waals surface area contributed by atoms with Gasteiger partial charge >= 0.3 is 0 Å². The Morgan fingerprint density at radius 2 is 1.65 bits per heavy atom. The summed E-state index contributed by atoms with van der Waals surface area (Å²) in [4.78, 5) is 0. The summed E-state index contributed by atoms with van der Waals surface area (Å²) in [5.41, 5.74) is 8.89. The van der Waals surface area contributed by atoms with Crippen molar-refractivity contribution in [2.24, 2.45) is 5.73 Å². The number of rotatable bonds is 2. The summed E-state index contributed by atoms with van der Waals surface area (Å²) >= 11 is 8.15. The zero-order chi connectivity index (χ0) is 14.8. The molecule has 0 saturated carbocycles. The minimum absolute atomic E-state index is 0.222. The van der Waals surface area contributed by atoms with Gasteiger partial charge in [0.05, 0.1) is 6.00 Å². The highest BCUT2D eigenvalue weighted by atomic mass is 79.9. The second-order valence-corrected chi connectivity index (χ2v) is 5.53. The summed E-state index contributed by atoms with van der Waals surface area (Å²) in [7, 11) is 1.95. The summed E-state index contributed by atoms with van der Waals surface area (Å²) in [6.45, 7) is 0.938. The van der Waals surface area contributed by atoms with E-state index in [-0.39, 0.29) is 6.00 Å². The molecule has 2 bridgehead atoms. The van der Waals surface area contributed by atoms with E-state index in [0.717, 1.165) is 11.0 Å². The van der Waals surface area contributed by atoms with E-state index in [1.807, 2.05) is 19.2 Å². The quantitative estimate of drug-likeness (QED) is 0.540. The first-order valence-electron chi connectivity index (χ1n) is 6.42. The van der Waals surface area contributed by atoms with E-state index in [1.165, 1.54) is 23.1 Å². The van der Waals surface area contributed by atoms with Crippen LogP contribution in [0.25, 0.3) is 0 Å². The van der Waals surface area contributed by atoms with Crippen molar-refractivity contribution in [3.8, 4) is 0 Å². The molecule has 2 aromatic rings. The molecule has 0 aliphatic heterocycles. The predicted molar refractivity (Wildman–Crippen MR) is 91.1 cm³/mol. The van der Waals surface area contributed by atoms with Crippen molar-refractivity contribution in [3.05, 3.63) is 69.7 Å². The highest BCUT2D eigenvalue weighted by Gasteiger charge is 2.04. The van der Waals surface area contributed by atoms with Crippen LogP contribution in [0.2, 0.25) is 0 Å². The standard InChI is InChI=1S/C8H10BrN.C7H6.CH4ClN/c1-10-6-7-2-4-8(9)5-3-7;1-2-6-4-7(3-1)5-6;2-1-3/h2-5,10H,6H2,1H3;1-4H,5H2;1,3H2. The number of hydrogen-bond acceptors (Lipinski definition) is 2. The van der Waals surface area contributed by atoms with Gasteiger partial charge in [0.2, 0.25) is 0 Å². The molecule has 0 amide bonds. The van der Waals surface area contributed by atoms with Crippen LogP contribution in [0.3, 0.4) is 0 Å². The maximum atomic E-state index is 4.78. The fourth-order valence-electron chi connectivity index (χ4n) is 1.76. The minimum atomic E-state index is 0.222. The Kier molecular flexibility index (Phi) is 8.54. The lowest BCUT2D eigenvalue weighted by atomic mass is 9.94. The van der Waals surface area contributed by atoms with Gasteiger partial charge in [0, 0.05) is 11.0 Å². The Morgan fingerprint density at radius 1 is 1.15 bits per heavy atom. The molecule has 108 valence electrons. The molecule has 2 aliphatic rings. The molecule has 2 aliphatic carbocycles. The first kappa shape index (κ1) is 17.2. The molecule has 2 aromatic carbocycles. The van der Waals surface area contributed by atoms with Gasteiger partial charge in [0.25, 0.3) is 0 Å². The van der Waals surface area contributed by atoms with Crippen LogP contribution in [-0.4, -0.2) is 13.1 Å². The first-order chi connectivity index (χ1) is 9.69. The van der Waals surface area contributed by atoms with Crippen molar-refractivity contribution in [2.75, 3.05) is 13.1 Å². The number of nitrogens with two attached hydrogens (primary N) is 1. The fourth-order valence-corrected chi connectivity index (χ4v) is 2.02. The fraction of sp³-hybridized carbons (Fsp3) is 0.250. The van der Waals surface area contributed by atoms with Crippen LogP contribution in [0.5, 0.6) is 0 Å². The van der Waals surface area contributed by atoms with Gasteiger partial charge in [-0.2, -0.15) is 0 Å². The van der Waals surface area contributed by atoms with Gasteiger partial charge in [-0.3, -0.25) is 0 Å². The Morgan fingerprint density at radius 3 is 1.95 bits per heavy atom. The van der Waals surface area contributed by atoms with Gasteiger partial charge in [-0.1, -0.05) is 52.3 Å². The Labute approximate surface area is 134 Å². The van der Waals surface area contributed by atoms with E-state index in [1.54, 1.807) is 0 Å². The van der Waals surface area contributed by atoms with Crippen molar-refractivity contribution >= 4 is 27.5 Å². The average Bonchev–Trinajstić information content (AvgIpc) is 2.43. The molecular formula is C16H20BrClN2. The van der Waals surface area contributed by atoms with Crippen molar-refractivity contribution in [1.82, 2.24) is 5.32 Å².